The summed E-state index contributed by atoms with van der Waals surface area (Å²) in [5, 5.41) is 9.65. The van der Waals surface area contributed by atoms with Gasteiger partial charge in [0.25, 0.3) is 0 Å². The van der Waals surface area contributed by atoms with Gasteiger partial charge in [-0.15, -0.1) is 0 Å². The lowest BCUT2D eigenvalue weighted by atomic mass is 9.84. The van der Waals surface area contributed by atoms with Crippen molar-refractivity contribution >= 4 is 17.8 Å². The van der Waals surface area contributed by atoms with E-state index in [2.05, 4.69) is 13.8 Å². The van der Waals surface area contributed by atoms with Crippen molar-refractivity contribution in [3.05, 3.63) is 94.2 Å². The molecule has 5 rings (SSSR count). The summed E-state index contributed by atoms with van der Waals surface area (Å²) in [6.07, 6.45) is 1.87. The fourth-order valence-electron chi connectivity index (χ4n) is 4.23. The Balaban J connectivity index is 1.55. The van der Waals surface area contributed by atoms with Crippen LogP contribution in [0.25, 0.3) is 6.08 Å². The number of carbonyl (C=O) groups is 2. The fourth-order valence-corrected chi connectivity index (χ4v) is 4.23. The molecule has 3 aromatic carbocycles. The quantitative estimate of drug-likeness (QED) is 0.337. The largest absolute Gasteiger partial charge is 0.508 e. The van der Waals surface area contributed by atoms with Gasteiger partial charge < -0.3 is 14.6 Å². The molecule has 2 heterocycles. The molecule has 5 heteroatoms. The molecule has 1 N–H and O–H groups in total. The Hall–Kier alpha value is -3.86. The van der Waals surface area contributed by atoms with E-state index in [1.54, 1.807) is 42.5 Å². The van der Waals surface area contributed by atoms with E-state index in [0.717, 1.165) is 11.1 Å². The van der Waals surface area contributed by atoms with Crippen molar-refractivity contribution < 1.29 is 24.2 Å². The first kappa shape index (κ1) is 20.1. The number of ketones is 1. The lowest BCUT2D eigenvalue weighted by molar-refractivity contribution is -0.135. The van der Waals surface area contributed by atoms with Gasteiger partial charge in [0.15, 0.2) is 5.76 Å². The highest BCUT2D eigenvalue weighted by Crippen LogP contribution is 2.49. The number of ether oxygens (including phenoxy) is 2. The van der Waals surface area contributed by atoms with Crippen LogP contribution in [0.15, 0.2) is 66.4 Å². The minimum atomic E-state index is -0.346. The molecule has 0 aromatic heterocycles. The summed E-state index contributed by atoms with van der Waals surface area (Å²) in [7, 11) is 0. The Bertz CT molecular complexity index is 1250. The predicted octanol–water partition coefficient (Wildman–Crippen LogP) is 5.57. The smallest absolute Gasteiger partial charge is 0.312 e. The second-order valence-corrected chi connectivity index (χ2v) is 8.44. The molecule has 0 amide bonds. The zero-order valence-electron chi connectivity index (χ0n) is 17.8. The Morgan fingerprint density at radius 1 is 0.938 bits per heavy atom. The van der Waals surface area contributed by atoms with Gasteiger partial charge in [-0.2, -0.15) is 0 Å². The Kier molecular flexibility index (Phi) is 4.82. The molecule has 0 fully saturated rings. The molecule has 160 valence electrons. The van der Waals surface area contributed by atoms with Gasteiger partial charge in [-0.25, -0.2) is 0 Å². The second kappa shape index (κ2) is 7.68. The number of hydrogen-bond acceptors (Lipinski definition) is 5. The SMILES string of the molecule is CC(C)c1ccc(/C=C2\Oc3c(ccc4c3[C@H](c3ccc(O)cc3)CC(=O)O4)C2=O)cc1. The Labute approximate surface area is 185 Å². The fraction of sp³-hybridized carbons (Fsp3) is 0.185. The van der Waals surface area contributed by atoms with Crippen molar-refractivity contribution in [2.24, 2.45) is 0 Å². The maximum Gasteiger partial charge on any atom is 0.312 e. The number of aromatic hydroxyl groups is 1. The number of phenolic OH excluding ortho intramolecular Hbond substituents is 1. The van der Waals surface area contributed by atoms with E-state index < -0.39 is 0 Å². The first-order chi connectivity index (χ1) is 15.4. The topological polar surface area (TPSA) is 72.8 Å². The van der Waals surface area contributed by atoms with Crippen LogP contribution < -0.4 is 9.47 Å². The summed E-state index contributed by atoms with van der Waals surface area (Å²) >= 11 is 0. The molecule has 0 spiro atoms. The highest BCUT2D eigenvalue weighted by molar-refractivity contribution is 6.15. The van der Waals surface area contributed by atoms with Crippen molar-refractivity contribution in [3.63, 3.8) is 0 Å². The van der Waals surface area contributed by atoms with Gasteiger partial charge in [0.05, 0.1) is 12.0 Å². The van der Waals surface area contributed by atoms with Gasteiger partial charge in [-0.05, 0) is 52.9 Å². The second-order valence-electron chi connectivity index (χ2n) is 8.44. The first-order valence-electron chi connectivity index (χ1n) is 10.6. The van der Waals surface area contributed by atoms with Gasteiger partial charge in [0.2, 0.25) is 5.78 Å². The number of hydrogen-bond donors (Lipinski definition) is 1. The lowest BCUT2D eigenvalue weighted by Crippen LogP contribution is -2.21. The van der Waals surface area contributed by atoms with Crippen molar-refractivity contribution in [1.82, 2.24) is 0 Å². The van der Waals surface area contributed by atoms with Crippen LogP contribution in [-0.2, 0) is 4.79 Å². The minimum Gasteiger partial charge on any atom is -0.508 e. The van der Waals surface area contributed by atoms with Crippen LogP contribution in [0.1, 0.15) is 64.7 Å². The first-order valence-corrected chi connectivity index (χ1v) is 10.6. The number of allylic oxidation sites excluding steroid dienone is 1. The normalized spacial score (nSPS) is 18.3. The molecule has 0 aliphatic carbocycles. The molecule has 0 unspecified atom stereocenters. The predicted molar refractivity (Wildman–Crippen MR) is 120 cm³/mol. The highest BCUT2D eigenvalue weighted by atomic mass is 16.5. The summed E-state index contributed by atoms with van der Waals surface area (Å²) < 4.78 is 11.5. The Morgan fingerprint density at radius 2 is 1.66 bits per heavy atom. The van der Waals surface area contributed by atoms with Crippen LogP contribution in [0, 0.1) is 0 Å². The third-order valence-electron chi connectivity index (χ3n) is 5.98. The van der Waals surface area contributed by atoms with Gasteiger partial charge in [-0.1, -0.05) is 50.2 Å². The van der Waals surface area contributed by atoms with Crippen LogP contribution in [0.4, 0.5) is 0 Å². The molecule has 0 saturated carbocycles. The monoisotopic (exact) mass is 426 g/mol. The molecule has 0 saturated heterocycles. The average molecular weight is 426 g/mol. The molecular weight excluding hydrogens is 404 g/mol. The third kappa shape index (κ3) is 3.46. The molecule has 1 atom stereocenters. The number of benzene rings is 3. The Morgan fingerprint density at radius 3 is 2.34 bits per heavy atom. The molecule has 32 heavy (non-hydrogen) atoms. The van der Waals surface area contributed by atoms with Crippen LogP contribution in [0.2, 0.25) is 0 Å². The molecule has 2 aliphatic heterocycles. The maximum absolute atomic E-state index is 13.1. The number of rotatable bonds is 3. The molecule has 0 bridgehead atoms. The molecule has 0 radical (unpaired) electrons. The molecule has 3 aromatic rings. The average Bonchev–Trinajstić information content (AvgIpc) is 3.09. The van der Waals surface area contributed by atoms with E-state index in [1.165, 1.54) is 5.56 Å². The van der Waals surface area contributed by atoms with Gasteiger partial charge in [0.1, 0.15) is 17.2 Å². The highest BCUT2D eigenvalue weighted by Gasteiger charge is 2.38. The molecule has 5 nitrogen and oxygen atoms in total. The van der Waals surface area contributed by atoms with Crippen molar-refractivity contribution in [3.8, 4) is 17.2 Å². The number of esters is 1. The summed E-state index contributed by atoms with van der Waals surface area (Å²) in [6.45, 7) is 4.27. The van der Waals surface area contributed by atoms with E-state index in [0.29, 0.717) is 28.5 Å². The lowest BCUT2D eigenvalue weighted by Gasteiger charge is -2.26. The molecular formula is C27H22O5. The van der Waals surface area contributed by atoms with Gasteiger partial charge >= 0.3 is 5.97 Å². The number of Topliss-reactive ketones (excluding diaryl/α,β-unsaturated/α-hetero) is 1. The third-order valence-corrected chi connectivity index (χ3v) is 5.98. The zero-order valence-corrected chi connectivity index (χ0v) is 17.8. The van der Waals surface area contributed by atoms with Crippen LogP contribution in [0.3, 0.4) is 0 Å². The standard InChI is InChI=1S/C27H22O5/c1-15(2)17-5-3-16(4-6-17)13-23-26(30)20-11-12-22-25(27(20)32-23)21(14-24(29)31-22)18-7-9-19(28)10-8-18/h3-13,15,21,28H,14H2,1-2H3/b23-13-/t21-/m0/s1. The van der Waals surface area contributed by atoms with Crippen molar-refractivity contribution in [2.45, 2.75) is 32.1 Å². The van der Waals surface area contributed by atoms with E-state index in [9.17, 15) is 14.7 Å². The summed E-state index contributed by atoms with van der Waals surface area (Å²) in [5.74, 6) is 0.767. The number of carbonyl (C=O) groups excluding carboxylic acids is 2. The van der Waals surface area contributed by atoms with Crippen LogP contribution in [-0.4, -0.2) is 16.9 Å². The van der Waals surface area contributed by atoms with E-state index >= 15 is 0 Å². The number of phenols is 1. The molecule has 2 aliphatic rings. The van der Waals surface area contributed by atoms with E-state index in [-0.39, 0.29) is 35.6 Å². The summed E-state index contributed by atoms with van der Waals surface area (Å²) in [6, 6.07) is 18.0. The van der Waals surface area contributed by atoms with Crippen molar-refractivity contribution in [1.29, 1.82) is 0 Å². The van der Waals surface area contributed by atoms with Gasteiger partial charge in [0, 0.05) is 11.5 Å². The van der Waals surface area contributed by atoms with Gasteiger partial charge in [-0.3, -0.25) is 9.59 Å². The maximum atomic E-state index is 13.1. The van der Waals surface area contributed by atoms with Crippen LogP contribution in [0.5, 0.6) is 17.2 Å². The van der Waals surface area contributed by atoms with Crippen LogP contribution >= 0.6 is 0 Å². The number of fused-ring (bicyclic) bond motifs is 3. The summed E-state index contributed by atoms with van der Waals surface area (Å²) in [4.78, 5) is 25.3. The van der Waals surface area contributed by atoms with Crippen molar-refractivity contribution in [2.75, 3.05) is 0 Å². The minimum absolute atomic E-state index is 0.126. The summed E-state index contributed by atoms with van der Waals surface area (Å²) in [5.41, 5.74) is 4.07. The van der Waals surface area contributed by atoms with E-state index in [4.69, 9.17) is 9.47 Å². The zero-order chi connectivity index (χ0) is 22.4. The van der Waals surface area contributed by atoms with E-state index in [1.807, 2.05) is 24.3 Å².